The van der Waals surface area contributed by atoms with Gasteiger partial charge in [0.1, 0.15) is 11.5 Å². The molecule has 3 rings (SSSR count). The van der Waals surface area contributed by atoms with Crippen molar-refractivity contribution in [3.63, 3.8) is 0 Å². The zero-order chi connectivity index (χ0) is 38.8. The van der Waals surface area contributed by atoms with E-state index in [1.54, 1.807) is 26.0 Å². The van der Waals surface area contributed by atoms with Crippen LogP contribution in [-0.4, -0.2) is 48.7 Å². The van der Waals surface area contributed by atoms with Crippen LogP contribution in [0.4, 0.5) is 0 Å². The first-order chi connectivity index (χ1) is 24.6. The number of hydrogen-bond acceptors (Lipinski definition) is 7. The Kier molecular flexibility index (Phi) is 16.8. The van der Waals surface area contributed by atoms with E-state index in [2.05, 4.69) is 52.0 Å². The number of rotatable bonds is 24. The second-order valence-electron chi connectivity index (χ2n) is 15.0. The summed E-state index contributed by atoms with van der Waals surface area (Å²) in [4.78, 5) is 26.4. The molecule has 0 aliphatic heterocycles. The Labute approximate surface area is 318 Å². The van der Waals surface area contributed by atoms with Crippen LogP contribution < -0.4 is 4.74 Å². The number of hydrogen-bond donors (Lipinski definition) is 0. The summed E-state index contributed by atoms with van der Waals surface area (Å²) in [6.07, 6.45) is 10.4. The van der Waals surface area contributed by atoms with Crippen LogP contribution >= 0.6 is 19.3 Å². The van der Waals surface area contributed by atoms with E-state index in [0.29, 0.717) is 51.7 Å². The lowest BCUT2D eigenvalue weighted by Gasteiger charge is -2.45. The predicted octanol–water partition coefficient (Wildman–Crippen LogP) is 12.4. The molecule has 0 saturated heterocycles. The van der Waals surface area contributed by atoms with Gasteiger partial charge in [0.25, 0.3) is 0 Å². The number of methoxy groups -OCH3 is 1. The van der Waals surface area contributed by atoms with E-state index in [9.17, 15) is 14.2 Å². The highest BCUT2D eigenvalue weighted by Crippen LogP contribution is 2.53. The second kappa shape index (κ2) is 19.8. The first-order valence-electron chi connectivity index (χ1n) is 19.4. The molecule has 3 aromatic heterocycles. The molecular weight excluding hydrogens is 715 g/mol. The van der Waals surface area contributed by atoms with Gasteiger partial charge in [0, 0.05) is 24.1 Å². The van der Waals surface area contributed by atoms with Gasteiger partial charge in [0.05, 0.1) is 31.0 Å². The Hall–Kier alpha value is -2.36. The van der Waals surface area contributed by atoms with Crippen LogP contribution in [0.1, 0.15) is 143 Å². The van der Waals surface area contributed by atoms with Crippen LogP contribution in [0.3, 0.4) is 0 Å². The number of nitrogens with zero attached hydrogens (tertiary/aromatic N) is 2. The smallest absolute Gasteiger partial charge is 0.439 e. The summed E-state index contributed by atoms with van der Waals surface area (Å²) in [6.45, 7) is 21.4. The minimum atomic E-state index is -3.93. The van der Waals surface area contributed by atoms with E-state index in [4.69, 9.17) is 29.8 Å². The number of furan rings is 1. The molecule has 0 bridgehead atoms. The molecule has 0 aromatic carbocycles. The standard InChI is InChI=1S/C40H64ClN2O7PSi/c1-12-48-51(46,49-13-2)43-32(21-19-17-15-14-16-18-20-22-35(44)28(3)4)23-24-34(43)39(45)40-37(47-11)27-36(50-40)38-33(41)25-26-42(38)52(29(5)6,30(7)8)31(9)10/h23-31H,12-22H2,1-11H3. The van der Waals surface area contributed by atoms with E-state index in [1.807, 2.05) is 26.0 Å². The van der Waals surface area contributed by atoms with Gasteiger partial charge in [-0.3, -0.25) is 18.6 Å². The van der Waals surface area contributed by atoms with Crippen molar-refractivity contribution in [1.29, 1.82) is 0 Å². The van der Waals surface area contributed by atoms with E-state index in [-0.39, 0.29) is 36.3 Å². The number of aromatic nitrogens is 2. The van der Waals surface area contributed by atoms with Crippen LogP contribution in [0.5, 0.6) is 5.75 Å². The first kappa shape index (κ1) is 44.0. The lowest BCUT2D eigenvalue weighted by molar-refractivity contribution is -0.122. The van der Waals surface area contributed by atoms with Crippen molar-refractivity contribution in [1.82, 2.24) is 8.57 Å². The fourth-order valence-electron chi connectivity index (χ4n) is 8.10. The number of aryl methyl sites for hydroxylation is 1. The summed E-state index contributed by atoms with van der Waals surface area (Å²) in [5, 5.41) is 0.540. The molecule has 52 heavy (non-hydrogen) atoms. The Bertz CT molecular complexity index is 1620. The largest absolute Gasteiger partial charge is 0.493 e. The molecule has 3 heterocycles. The summed E-state index contributed by atoms with van der Waals surface area (Å²) in [6, 6.07) is 7.13. The molecule has 3 aromatic rings. The third kappa shape index (κ3) is 9.65. The number of halogens is 1. The van der Waals surface area contributed by atoms with Crippen LogP contribution in [0.25, 0.3) is 11.5 Å². The molecule has 0 radical (unpaired) electrons. The van der Waals surface area contributed by atoms with Gasteiger partial charge in [-0.1, -0.05) is 99.1 Å². The number of carbonyl (C=O) groups excluding carboxylic acids is 2. The van der Waals surface area contributed by atoms with Gasteiger partial charge in [0.2, 0.25) is 11.5 Å². The maximum atomic E-state index is 14.5. The second-order valence-corrected chi connectivity index (χ2v) is 23.0. The molecule has 0 amide bonds. The first-order valence-corrected chi connectivity index (χ1v) is 23.4. The molecule has 0 atom stereocenters. The topological polar surface area (TPSA) is 102 Å². The monoisotopic (exact) mass is 778 g/mol. The Balaban J connectivity index is 1.95. The normalized spacial score (nSPS) is 12.6. The highest BCUT2D eigenvalue weighted by molar-refractivity contribution is 7.52. The predicted molar refractivity (Wildman–Crippen MR) is 215 cm³/mol. The maximum absolute atomic E-state index is 14.5. The molecule has 0 fully saturated rings. The van der Waals surface area contributed by atoms with Crippen LogP contribution in [0.15, 0.2) is 34.9 Å². The summed E-state index contributed by atoms with van der Waals surface area (Å²) >= 11 is 6.91. The van der Waals surface area contributed by atoms with Crippen molar-refractivity contribution >= 4 is 39.1 Å². The van der Waals surface area contributed by atoms with Gasteiger partial charge in [-0.15, -0.1) is 0 Å². The lowest BCUT2D eigenvalue weighted by Crippen LogP contribution is -2.52. The lowest BCUT2D eigenvalue weighted by atomic mass is 10.0. The van der Waals surface area contributed by atoms with E-state index >= 15 is 0 Å². The third-order valence-corrected chi connectivity index (χ3v) is 19.6. The van der Waals surface area contributed by atoms with Gasteiger partial charge in [0.15, 0.2) is 19.7 Å². The van der Waals surface area contributed by atoms with Crippen molar-refractivity contribution in [3.05, 3.63) is 52.6 Å². The summed E-state index contributed by atoms with van der Waals surface area (Å²) < 4.78 is 41.9. The van der Waals surface area contributed by atoms with Crippen molar-refractivity contribution < 1.29 is 32.4 Å². The minimum Gasteiger partial charge on any atom is -0.493 e. The Morgan fingerprint density at radius 1 is 0.846 bits per heavy atom. The van der Waals surface area contributed by atoms with Gasteiger partial charge >= 0.3 is 7.75 Å². The number of ether oxygens (including phenoxy) is 1. The average Bonchev–Trinajstić information content (AvgIpc) is 3.80. The van der Waals surface area contributed by atoms with E-state index in [0.717, 1.165) is 50.6 Å². The maximum Gasteiger partial charge on any atom is 0.439 e. The fraction of sp³-hybridized carbons (Fsp3) is 0.650. The zero-order valence-corrected chi connectivity index (χ0v) is 36.2. The Morgan fingerprint density at radius 3 is 1.92 bits per heavy atom. The highest BCUT2D eigenvalue weighted by atomic mass is 35.5. The molecule has 0 aliphatic rings. The van der Waals surface area contributed by atoms with Gasteiger partial charge in [-0.2, -0.15) is 0 Å². The molecule has 0 N–H and O–H groups in total. The number of Topliss-reactive ketones (excluding diaryl/α,β-unsaturated/α-hetero) is 1. The molecule has 0 unspecified atom stereocenters. The quantitative estimate of drug-likeness (QED) is 0.0386. The van der Waals surface area contributed by atoms with Crippen molar-refractivity contribution in [2.45, 2.75) is 144 Å². The summed E-state index contributed by atoms with van der Waals surface area (Å²) in [7, 11) is -4.67. The third-order valence-electron chi connectivity index (χ3n) is 10.4. The summed E-state index contributed by atoms with van der Waals surface area (Å²) in [5.41, 5.74) is 2.76. The van der Waals surface area contributed by atoms with Gasteiger partial charge < -0.3 is 13.4 Å². The zero-order valence-electron chi connectivity index (χ0n) is 33.6. The van der Waals surface area contributed by atoms with E-state index < -0.39 is 21.8 Å². The molecule has 9 nitrogen and oxygen atoms in total. The molecule has 12 heteroatoms. The number of ketones is 2. The van der Waals surface area contributed by atoms with Gasteiger partial charge in [-0.25, -0.2) is 8.90 Å². The number of unbranched alkanes of at least 4 members (excludes halogenated alkanes) is 6. The Morgan fingerprint density at radius 2 is 1.40 bits per heavy atom. The van der Waals surface area contributed by atoms with Crippen LogP contribution in [0, 0.1) is 5.92 Å². The molecule has 0 spiro atoms. The molecular formula is C40H64ClN2O7PSi. The number of carbonyl (C=O) groups is 2. The molecule has 0 saturated carbocycles. The SMILES string of the molecule is CCOP(=O)(OCC)n1c(CCCCCCCCCC(=O)C(C)C)ccc1C(=O)c1oc(-c2c(Cl)ccn2[Si](C(C)C)(C(C)C)C(C)C)cc1OC. The van der Waals surface area contributed by atoms with Gasteiger partial charge in [-0.05, 0) is 74.1 Å². The van der Waals surface area contributed by atoms with Crippen molar-refractivity contribution in [2.24, 2.45) is 5.92 Å². The summed E-state index contributed by atoms with van der Waals surface area (Å²) in [5.74, 6) is 0.659. The van der Waals surface area contributed by atoms with Crippen LogP contribution in [-0.2, 0) is 24.8 Å². The average molecular weight is 779 g/mol. The van der Waals surface area contributed by atoms with Crippen molar-refractivity contribution in [2.75, 3.05) is 20.3 Å². The molecule has 292 valence electrons. The highest BCUT2D eigenvalue weighted by Gasteiger charge is 2.47. The minimum absolute atomic E-state index is 0.00670. The molecule has 0 aliphatic carbocycles. The van der Waals surface area contributed by atoms with Crippen molar-refractivity contribution in [3.8, 4) is 17.2 Å². The fourth-order valence-corrected chi connectivity index (χ4v) is 16.9. The van der Waals surface area contributed by atoms with E-state index in [1.165, 1.54) is 11.4 Å². The van der Waals surface area contributed by atoms with Crippen LogP contribution in [0.2, 0.25) is 21.6 Å².